The molecular weight excluding hydrogens is 262 g/mol. The van der Waals surface area contributed by atoms with E-state index in [1.165, 1.54) is 76.5 Å². The zero-order chi connectivity index (χ0) is 14.2. The molecule has 2 aliphatic carbocycles. The third-order valence-corrected chi connectivity index (χ3v) is 6.89. The van der Waals surface area contributed by atoms with Gasteiger partial charge in [-0.05, 0) is 62.7 Å². The fourth-order valence-corrected chi connectivity index (χ4v) is 5.79. The summed E-state index contributed by atoms with van der Waals surface area (Å²) < 4.78 is 0. The van der Waals surface area contributed by atoms with Crippen molar-refractivity contribution in [2.24, 2.45) is 11.8 Å². The highest BCUT2D eigenvalue weighted by molar-refractivity contribution is 7.99. The number of thioether (sulfide) groups is 1. The molecule has 3 unspecified atom stereocenters. The zero-order valence-electron chi connectivity index (χ0n) is 13.7. The Hall–Kier alpha value is 0.310. The summed E-state index contributed by atoms with van der Waals surface area (Å²) in [5.41, 5.74) is 0. The van der Waals surface area contributed by atoms with E-state index in [1.54, 1.807) is 0 Å². The first-order chi connectivity index (χ1) is 9.83. The van der Waals surface area contributed by atoms with Gasteiger partial charge in [-0.1, -0.05) is 39.5 Å². The molecule has 2 saturated carbocycles. The number of rotatable bonds is 8. The minimum atomic E-state index is 0.800. The Morgan fingerprint density at radius 2 is 1.75 bits per heavy atom. The summed E-state index contributed by atoms with van der Waals surface area (Å²) in [6, 6.07) is 0.800. The maximum atomic E-state index is 3.84. The number of nitrogens with one attached hydrogen (secondary N) is 1. The normalized spacial score (nSPS) is 31.8. The lowest BCUT2D eigenvalue weighted by atomic mass is 9.83. The average molecular weight is 298 g/mol. The number of hydrogen-bond acceptors (Lipinski definition) is 2. The highest BCUT2D eigenvalue weighted by Gasteiger charge is 2.30. The quantitative estimate of drug-likeness (QED) is 0.657. The largest absolute Gasteiger partial charge is 0.313 e. The molecule has 0 aromatic carbocycles. The van der Waals surface area contributed by atoms with Gasteiger partial charge >= 0.3 is 0 Å². The van der Waals surface area contributed by atoms with Gasteiger partial charge in [-0.3, -0.25) is 0 Å². The highest BCUT2D eigenvalue weighted by atomic mass is 32.2. The van der Waals surface area contributed by atoms with Gasteiger partial charge in [-0.15, -0.1) is 0 Å². The summed E-state index contributed by atoms with van der Waals surface area (Å²) in [7, 11) is 0. The van der Waals surface area contributed by atoms with Crippen LogP contribution in [0.3, 0.4) is 0 Å². The lowest BCUT2D eigenvalue weighted by Gasteiger charge is -2.37. The Bertz CT molecular complexity index is 250. The van der Waals surface area contributed by atoms with Crippen molar-refractivity contribution in [1.29, 1.82) is 0 Å². The van der Waals surface area contributed by atoms with Crippen LogP contribution in [0.1, 0.15) is 78.1 Å². The van der Waals surface area contributed by atoms with E-state index in [4.69, 9.17) is 0 Å². The first-order valence-corrected chi connectivity index (χ1v) is 10.2. The van der Waals surface area contributed by atoms with Crippen molar-refractivity contribution in [3.05, 3.63) is 0 Å². The van der Waals surface area contributed by atoms with Gasteiger partial charge in [0, 0.05) is 11.3 Å². The standard InChI is InChI=1S/C18H35NS/c1-3-7-15-10-11-17(19-12-4-2)18(13-15)20-14-16-8-5-6-9-16/h15-19H,3-14H2,1-2H3. The van der Waals surface area contributed by atoms with Crippen LogP contribution in [0, 0.1) is 11.8 Å². The molecule has 2 fully saturated rings. The molecule has 0 aliphatic heterocycles. The Kier molecular flexibility index (Phi) is 7.80. The van der Waals surface area contributed by atoms with Crippen LogP contribution in [0.25, 0.3) is 0 Å². The van der Waals surface area contributed by atoms with Crippen LogP contribution in [0.5, 0.6) is 0 Å². The molecule has 3 atom stereocenters. The van der Waals surface area contributed by atoms with Gasteiger partial charge in [0.25, 0.3) is 0 Å². The Balaban J connectivity index is 1.79. The van der Waals surface area contributed by atoms with Crippen LogP contribution in [0.4, 0.5) is 0 Å². The Morgan fingerprint density at radius 3 is 2.45 bits per heavy atom. The van der Waals surface area contributed by atoms with Crippen molar-refractivity contribution in [3.8, 4) is 0 Å². The summed E-state index contributed by atoms with van der Waals surface area (Å²) >= 11 is 2.32. The van der Waals surface area contributed by atoms with Crippen LogP contribution in [0.2, 0.25) is 0 Å². The molecule has 0 spiro atoms. The van der Waals surface area contributed by atoms with Crippen molar-refractivity contribution < 1.29 is 0 Å². The van der Waals surface area contributed by atoms with Crippen LogP contribution in [-0.2, 0) is 0 Å². The van der Waals surface area contributed by atoms with Crippen LogP contribution in [-0.4, -0.2) is 23.6 Å². The molecule has 2 aliphatic rings. The van der Waals surface area contributed by atoms with Crippen LogP contribution in [0.15, 0.2) is 0 Å². The van der Waals surface area contributed by atoms with Crippen molar-refractivity contribution in [2.75, 3.05) is 12.3 Å². The van der Waals surface area contributed by atoms with Crippen LogP contribution >= 0.6 is 11.8 Å². The third kappa shape index (κ3) is 5.26. The van der Waals surface area contributed by atoms with Gasteiger partial charge in [-0.2, -0.15) is 11.8 Å². The smallest absolute Gasteiger partial charge is 0.0203 e. The summed E-state index contributed by atoms with van der Waals surface area (Å²) in [6.45, 7) is 5.85. The van der Waals surface area contributed by atoms with E-state index in [-0.39, 0.29) is 0 Å². The molecule has 2 heteroatoms. The monoisotopic (exact) mass is 297 g/mol. The molecule has 0 heterocycles. The second-order valence-corrected chi connectivity index (χ2v) is 8.32. The molecule has 0 aromatic rings. The van der Waals surface area contributed by atoms with Gasteiger partial charge in [0.05, 0.1) is 0 Å². The van der Waals surface area contributed by atoms with Crippen molar-refractivity contribution in [1.82, 2.24) is 5.32 Å². The summed E-state index contributed by atoms with van der Waals surface area (Å²) in [6.07, 6.45) is 14.5. The first kappa shape index (κ1) is 16.7. The van der Waals surface area contributed by atoms with Crippen LogP contribution < -0.4 is 5.32 Å². The summed E-state index contributed by atoms with van der Waals surface area (Å²) in [4.78, 5) is 0. The molecule has 0 saturated heterocycles. The SMILES string of the molecule is CCCNC1CCC(CCC)CC1SCC1CCCC1. The molecular formula is C18H35NS. The average Bonchev–Trinajstić information content (AvgIpc) is 2.97. The van der Waals surface area contributed by atoms with Gasteiger partial charge < -0.3 is 5.32 Å². The molecule has 118 valence electrons. The number of hydrogen-bond donors (Lipinski definition) is 1. The van der Waals surface area contributed by atoms with Crippen molar-refractivity contribution >= 4 is 11.8 Å². The molecule has 0 radical (unpaired) electrons. The molecule has 20 heavy (non-hydrogen) atoms. The van der Waals surface area contributed by atoms with E-state index in [0.717, 1.165) is 23.1 Å². The van der Waals surface area contributed by atoms with Gasteiger partial charge in [-0.25, -0.2) is 0 Å². The predicted octanol–water partition coefficient (Wildman–Crippen LogP) is 5.25. The van der Waals surface area contributed by atoms with E-state index >= 15 is 0 Å². The van der Waals surface area contributed by atoms with E-state index in [1.807, 2.05) is 0 Å². The lowest BCUT2D eigenvalue weighted by molar-refractivity contribution is 0.287. The van der Waals surface area contributed by atoms with E-state index in [9.17, 15) is 0 Å². The molecule has 1 nitrogen and oxygen atoms in total. The van der Waals surface area contributed by atoms with E-state index < -0.39 is 0 Å². The molecule has 0 amide bonds. The minimum Gasteiger partial charge on any atom is -0.313 e. The maximum Gasteiger partial charge on any atom is 0.0203 e. The van der Waals surface area contributed by atoms with Crippen molar-refractivity contribution in [2.45, 2.75) is 89.3 Å². The Morgan fingerprint density at radius 1 is 0.950 bits per heavy atom. The van der Waals surface area contributed by atoms with Crippen molar-refractivity contribution in [3.63, 3.8) is 0 Å². The second kappa shape index (κ2) is 9.35. The predicted molar refractivity (Wildman–Crippen MR) is 92.5 cm³/mol. The first-order valence-electron chi connectivity index (χ1n) is 9.18. The third-order valence-electron chi connectivity index (χ3n) is 5.27. The molecule has 2 rings (SSSR count). The maximum absolute atomic E-state index is 3.84. The zero-order valence-corrected chi connectivity index (χ0v) is 14.5. The summed E-state index contributed by atoms with van der Waals surface area (Å²) in [5, 5.41) is 4.73. The van der Waals surface area contributed by atoms with E-state index in [2.05, 4.69) is 30.9 Å². The molecule has 0 aromatic heterocycles. The minimum absolute atomic E-state index is 0.800. The van der Waals surface area contributed by atoms with E-state index in [0.29, 0.717) is 0 Å². The van der Waals surface area contributed by atoms with Gasteiger partial charge in [0.1, 0.15) is 0 Å². The van der Waals surface area contributed by atoms with Gasteiger partial charge in [0.2, 0.25) is 0 Å². The fourth-order valence-electron chi connectivity index (χ4n) is 4.07. The Labute approximate surface area is 131 Å². The molecule has 1 N–H and O–H groups in total. The fraction of sp³-hybridized carbons (Fsp3) is 1.00. The van der Waals surface area contributed by atoms with Gasteiger partial charge in [0.15, 0.2) is 0 Å². The summed E-state index contributed by atoms with van der Waals surface area (Å²) in [5.74, 6) is 3.49. The lowest BCUT2D eigenvalue weighted by Crippen LogP contribution is -2.43. The highest BCUT2D eigenvalue weighted by Crippen LogP contribution is 2.37. The molecule has 0 bridgehead atoms. The topological polar surface area (TPSA) is 12.0 Å². The second-order valence-electron chi connectivity index (χ2n) is 7.05.